The van der Waals surface area contributed by atoms with Crippen LogP contribution < -0.4 is 0 Å². The molecular formula is C27H22N6O4. The van der Waals surface area contributed by atoms with Gasteiger partial charge in [0.25, 0.3) is 11.4 Å². The first-order chi connectivity index (χ1) is 18.0. The average Bonchev–Trinajstić information content (AvgIpc) is 2.92. The highest BCUT2D eigenvalue weighted by molar-refractivity contribution is 5.46. The van der Waals surface area contributed by atoms with Crippen molar-refractivity contribution in [3.8, 4) is 0 Å². The molecule has 0 aromatic heterocycles. The van der Waals surface area contributed by atoms with E-state index in [0.29, 0.717) is 22.7 Å². The van der Waals surface area contributed by atoms with Crippen molar-refractivity contribution >= 4 is 34.1 Å². The highest BCUT2D eigenvalue weighted by atomic mass is 16.6. The summed E-state index contributed by atoms with van der Waals surface area (Å²) < 4.78 is 0. The SMILES string of the molecule is O=[N+]([O-])c1ccc(N=Nc2ccc(CCCc3ccc(N=Nc4ccc([N+](=O)[O-])cc4)cc3)cc2)cc1. The third-order valence-electron chi connectivity index (χ3n) is 5.49. The number of non-ortho nitro benzene ring substituents is 2. The van der Waals surface area contributed by atoms with Gasteiger partial charge in [-0.1, -0.05) is 24.3 Å². The van der Waals surface area contributed by atoms with E-state index in [1.54, 1.807) is 24.3 Å². The van der Waals surface area contributed by atoms with Crippen LogP contribution in [0, 0.1) is 20.2 Å². The lowest BCUT2D eigenvalue weighted by Crippen LogP contribution is -1.89. The highest BCUT2D eigenvalue weighted by Gasteiger charge is 2.04. The van der Waals surface area contributed by atoms with Crippen LogP contribution in [0.5, 0.6) is 0 Å². The Kier molecular flexibility index (Phi) is 8.12. The summed E-state index contributed by atoms with van der Waals surface area (Å²) >= 11 is 0. The molecular weight excluding hydrogens is 472 g/mol. The van der Waals surface area contributed by atoms with Crippen LogP contribution in [0.4, 0.5) is 34.1 Å². The van der Waals surface area contributed by atoms with Gasteiger partial charge in [0.05, 0.1) is 32.6 Å². The summed E-state index contributed by atoms with van der Waals surface area (Å²) in [5.74, 6) is 0. The maximum Gasteiger partial charge on any atom is 0.269 e. The zero-order chi connectivity index (χ0) is 26.0. The molecule has 0 aliphatic heterocycles. The van der Waals surface area contributed by atoms with Crippen molar-refractivity contribution in [3.05, 3.63) is 128 Å². The molecule has 184 valence electrons. The Morgan fingerprint density at radius 2 is 0.730 bits per heavy atom. The maximum atomic E-state index is 10.7. The predicted molar refractivity (Wildman–Crippen MR) is 139 cm³/mol. The summed E-state index contributed by atoms with van der Waals surface area (Å²) in [5.41, 5.74) is 4.95. The second-order valence-corrected chi connectivity index (χ2v) is 8.13. The molecule has 0 spiro atoms. The van der Waals surface area contributed by atoms with Crippen LogP contribution in [0.2, 0.25) is 0 Å². The molecule has 0 radical (unpaired) electrons. The van der Waals surface area contributed by atoms with Crippen LogP contribution in [0.3, 0.4) is 0 Å². The summed E-state index contributed by atoms with van der Waals surface area (Å²) in [6, 6.07) is 27.5. The van der Waals surface area contributed by atoms with Gasteiger partial charge in [0, 0.05) is 24.3 Å². The van der Waals surface area contributed by atoms with Gasteiger partial charge >= 0.3 is 0 Å². The lowest BCUT2D eigenvalue weighted by molar-refractivity contribution is -0.385. The van der Waals surface area contributed by atoms with Crippen LogP contribution in [-0.2, 0) is 12.8 Å². The molecule has 37 heavy (non-hydrogen) atoms. The fraction of sp³-hybridized carbons (Fsp3) is 0.111. The van der Waals surface area contributed by atoms with Gasteiger partial charge in [0.1, 0.15) is 0 Å². The molecule has 0 atom stereocenters. The van der Waals surface area contributed by atoms with Gasteiger partial charge in [-0.25, -0.2) is 0 Å². The Morgan fingerprint density at radius 3 is 1.00 bits per heavy atom. The quantitative estimate of drug-likeness (QED) is 0.124. The van der Waals surface area contributed by atoms with Crippen molar-refractivity contribution in [2.75, 3.05) is 0 Å². The number of nitro benzene ring substituents is 2. The van der Waals surface area contributed by atoms with E-state index >= 15 is 0 Å². The van der Waals surface area contributed by atoms with Crippen molar-refractivity contribution < 1.29 is 9.85 Å². The smallest absolute Gasteiger partial charge is 0.258 e. The second-order valence-electron chi connectivity index (χ2n) is 8.13. The van der Waals surface area contributed by atoms with Crippen LogP contribution >= 0.6 is 0 Å². The fourth-order valence-corrected chi connectivity index (χ4v) is 3.47. The largest absolute Gasteiger partial charge is 0.269 e. The molecule has 4 aromatic rings. The zero-order valence-electron chi connectivity index (χ0n) is 19.7. The molecule has 0 aliphatic rings. The van der Waals surface area contributed by atoms with Gasteiger partial charge in [-0.2, -0.15) is 20.5 Å². The van der Waals surface area contributed by atoms with Gasteiger partial charge in [-0.15, -0.1) is 0 Å². The molecule has 4 rings (SSSR count). The van der Waals surface area contributed by atoms with Crippen molar-refractivity contribution in [2.24, 2.45) is 20.5 Å². The van der Waals surface area contributed by atoms with E-state index in [9.17, 15) is 20.2 Å². The Labute approximate surface area is 212 Å². The number of nitrogens with zero attached hydrogens (tertiary/aromatic N) is 6. The van der Waals surface area contributed by atoms with E-state index in [4.69, 9.17) is 0 Å². The number of hydrogen-bond donors (Lipinski definition) is 0. The van der Waals surface area contributed by atoms with Crippen LogP contribution in [0.1, 0.15) is 17.5 Å². The lowest BCUT2D eigenvalue weighted by atomic mass is 10.0. The molecule has 0 N–H and O–H groups in total. The minimum absolute atomic E-state index is 0.0180. The van der Waals surface area contributed by atoms with Gasteiger partial charge in [-0.05, 0) is 78.9 Å². The van der Waals surface area contributed by atoms with E-state index in [2.05, 4.69) is 20.5 Å². The number of hydrogen-bond acceptors (Lipinski definition) is 8. The first-order valence-corrected chi connectivity index (χ1v) is 11.5. The summed E-state index contributed by atoms with van der Waals surface area (Å²) in [6.07, 6.45) is 2.82. The number of azo groups is 2. The Bertz CT molecular complexity index is 1310. The molecule has 0 saturated heterocycles. The minimum atomic E-state index is -0.451. The van der Waals surface area contributed by atoms with E-state index in [0.717, 1.165) is 19.3 Å². The molecule has 4 aromatic carbocycles. The number of benzene rings is 4. The predicted octanol–water partition coefficient (Wildman–Crippen LogP) is 8.51. The van der Waals surface area contributed by atoms with Crippen LogP contribution in [0.25, 0.3) is 0 Å². The van der Waals surface area contributed by atoms with Crippen LogP contribution in [0.15, 0.2) is 118 Å². The zero-order valence-corrected chi connectivity index (χ0v) is 19.7. The molecule has 0 fully saturated rings. The summed E-state index contributed by atoms with van der Waals surface area (Å²) in [7, 11) is 0. The van der Waals surface area contributed by atoms with Crippen LogP contribution in [-0.4, -0.2) is 9.85 Å². The van der Waals surface area contributed by atoms with Crippen molar-refractivity contribution in [3.63, 3.8) is 0 Å². The standard InChI is InChI=1S/C27H22N6O4/c34-32(35)26-16-12-24(13-17-26)30-28-22-8-4-20(5-9-22)2-1-3-21-6-10-23(11-7-21)29-31-25-14-18-27(19-15-25)33(36)37/h4-19H,1-3H2. The van der Waals surface area contributed by atoms with E-state index in [-0.39, 0.29) is 11.4 Å². The fourth-order valence-electron chi connectivity index (χ4n) is 3.47. The van der Waals surface area contributed by atoms with Crippen molar-refractivity contribution in [1.82, 2.24) is 0 Å². The topological polar surface area (TPSA) is 136 Å². The molecule has 0 aliphatic carbocycles. The molecule has 10 nitrogen and oxygen atoms in total. The van der Waals surface area contributed by atoms with Gasteiger partial charge < -0.3 is 0 Å². The minimum Gasteiger partial charge on any atom is -0.258 e. The monoisotopic (exact) mass is 494 g/mol. The van der Waals surface area contributed by atoms with E-state index in [1.165, 1.54) is 35.4 Å². The first-order valence-electron chi connectivity index (χ1n) is 11.5. The molecule has 0 saturated carbocycles. The normalized spacial score (nSPS) is 11.2. The number of rotatable bonds is 10. The Hall–Kier alpha value is -5.12. The van der Waals surface area contributed by atoms with E-state index in [1.807, 2.05) is 48.5 Å². The van der Waals surface area contributed by atoms with Gasteiger partial charge in [-0.3, -0.25) is 20.2 Å². The van der Waals surface area contributed by atoms with Gasteiger partial charge in [0.15, 0.2) is 0 Å². The third kappa shape index (κ3) is 7.43. The summed E-state index contributed by atoms with van der Waals surface area (Å²) in [5, 5.41) is 38.0. The molecule has 10 heteroatoms. The Morgan fingerprint density at radius 1 is 0.459 bits per heavy atom. The van der Waals surface area contributed by atoms with Gasteiger partial charge in [0.2, 0.25) is 0 Å². The molecule has 0 amide bonds. The Balaban J connectivity index is 1.23. The lowest BCUT2D eigenvalue weighted by Gasteiger charge is -2.03. The molecule has 0 bridgehead atoms. The maximum absolute atomic E-state index is 10.7. The number of aryl methyl sites for hydroxylation is 2. The van der Waals surface area contributed by atoms with Crippen molar-refractivity contribution in [2.45, 2.75) is 19.3 Å². The highest BCUT2D eigenvalue weighted by Crippen LogP contribution is 2.23. The van der Waals surface area contributed by atoms with Crippen molar-refractivity contribution in [1.29, 1.82) is 0 Å². The third-order valence-corrected chi connectivity index (χ3v) is 5.49. The molecule has 0 unspecified atom stereocenters. The second kappa shape index (κ2) is 12.0. The summed E-state index contributed by atoms with van der Waals surface area (Å²) in [4.78, 5) is 20.5. The molecule has 0 heterocycles. The average molecular weight is 495 g/mol. The summed E-state index contributed by atoms with van der Waals surface area (Å²) in [6.45, 7) is 0. The first kappa shape index (κ1) is 25.0. The number of nitro groups is 2. The van der Waals surface area contributed by atoms with E-state index < -0.39 is 9.85 Å².